The molecule has 0 aromatic heterocycles. The van der Waals surface area contributed by atoms with E-state index >= 15 is 0 Å². The number of ether oxygens (including phenoxy) is 1. The summed E-state index contributed by atoms with van der Waals surface area (Å²) in [5, 5.41) is 1.18. The lowest BCUT2D eigenvalue weighted by Crippen LogP contribution is -2.51. The van der Waals surface area contributed by atoms with Gasteiger partial charge in [-0.25, -0.2) is 12.8 Å². The summed E-state index contributed by atoms with van der Waals surface area (Å²) in [7, 11) is -3.57. The molecule has 1 amide bonds. The third-order valence-electron chi connectivity index (χ3n) is 4.43. The molecule has 3 rings (SSSR count). The summed E-state index contributed by atoms with van der Waals surface area (Å²) in [4.78, 5) is 13.8. The molecular formula is C20H20BrFN2O4S. The summed E-state index contributed by atoms with van der Waals surface area (Å²) in [6, 6.07) is 13.5. The number of rotatable bonds is 6. The minimum atomic E-state index is -3.57. The van der Waals surface area contributed by atoms with E-state index in [4.69, 9.17) is 4.74 Å². The van der Waals surface area contributed by atoms with Crippen LogP contribution in [0.3, 0.4) is 0 Å². The number of amides is 1. The number of halogens is 2. The van der Waals surface area contributed by atoms with E-state index in [1.54, 1.807) is 12.1 Å². The molecule has 2 aromatic rings. The minimum absolute atomic E-state index is 0.00573. The maximum atomic E-state index is 13.8. The first-order valence-electron chi connectivity index (χ1n) is 8.94. The molecule has 1 aliphatic heterocycles. The van der Waals surface area contributed by atoms with E-state index in [1.165, 1.54) is 26.7 Å². The van der Waals surface area contributed by atoms with Crippen molar-refractivity contribution in [3.63, 3.8) is 0 Å². The van der Waals surface area contributed by atoms with Gasteiger partial charge in [-0.1, -0.05) is 46.3 Å². The first-order valence-corrected chi connectivity index (χ1v) is 11.2. The molecule has 0 saturated carbocycles. The zero-order chi connectivity index (χ0) is 20.9. The van der Waals surface area contributed by atoms with E-state index < -0.39 is 15.8 Å². The number of nitrogens with zero attached hydrogens (tertiary/aromatic N) is 2. The molecule has 0 N–H and O–H groups in total. The van der Waals surface area contributed by atoms with Crippen molar-refractivity contribution < 1.29 is 22.3 Å². The van der Waals surface area contributed by atoms with Crippen LogP contribution in [0.4, 0.5) is 4.39 Å². The molecule has 2 aromatic carbocycles. The van der Waals surface area contributed by atoms with E-state index in [0.717, 1.165) is 5.56 Å². The number of sulfonamides is 1. The van der Waals surface area contributed by atoms with E-state index in [9.17, 15) is 17.6 Å². The molecule has 1 fully saturated rings. The van der Waals surface area contributed by atoms with Crippen molar-refractivity contribution in [3.05, 3.63) is 69.8 Å². The smallest absolute Gasteiger partial charge is 0.260 e. The van der Waals surface area contributed by atoms with Crippen LogP contribution in [0.2, 0.25) is 0 Å². The summed E-state index contributed by atoms with van der Waals surface area (Å²) < 4.78 is 45.9. The lowest BCUT2D eigenvalue weighted by Gasteiger charge is -2.33. The molecular weight excluding hydrogens is 463 g/mol. The van der Waals surface area contributed by atoms with Crippen LogP contribution in [0, 0.1) is 5.82 Å². The van der Waals surface area contributed by atoms with Gasteiger partial charge in [0, 0.05) is 36.1 Å². The number of hydrogen-bond donors (Lipinski definition) is 0. The molecule has 0 aliphatic carbocycles. The van der Waals surface area contributed by atoms with Crippen molar-refractivity contribution in [2.75, 3.05) is 32.8 Å². The van der Waals surface area contributed by atoms with Crippen LogP contribution in [0.25, 0.3) is 6.08 Å². The fraction of sp³-hybridized carbons (Fsp3) is 0.250. The van der Waals surface area contributed by atoms with E-state index in [0.29, 0.717) is 4.47 Å². The Morgan fingerprint density at radius 2 is 1.79 bits per heavy atom. The second-order valence-electron chi connectivity index (χ2n) is 6.40. The van der Waals surface area contributed by atoms with Gasteiger partial charge in [-0.05, 0) is 29.8 Å². The van der Waals surface area contributed by atoms with Crippen LogP contribution in [-0.4, -0.2) is 56.3 Å². The maximum Gasteiger partial charge on any atom is 0.260 e. The van der Waals surface area contributed by atoms with E-state index in [-0.39, 0.29) is 44.4 Å². The van der Waals surface area contributed by atoms with Gasteiger partial charge in [0.15, 0.2) is 18.2 Å². The Morgan fingerprint density at radius 3 is 2.45 bits per heavy atom. The van der Waals surface area contributed by atoms with Crippen LogP contribution < -0.4 is 4.74 Å². The average molecular weight is 483 g/mol. The molecule has 1 aliphatic rings. The van der Waals surface area contributed by atoms with Gasteiger partial charge >= 0.3 is 0 Å². The number of piperazine rings is 1. The lowest BCUT2D eigenvalue weighted by atomic mass is 10.2. The Morgan fingerprint density at radius 1 is 1.10 bits per heavy atom. The minimum Gasteiger partial charge on any atom is -0.481 e. The zero-order valence-electron chi connectivity index (χ0n) is 15.5. The van der Waals surface area contributed by atoms with Crippen LogP contribution in [0.1, 0.15) is 5.56 Å². The standard InChI is InChI=1S/C20H20BrFN2O4S/c21-17-6-7-19(18(22)14-17)28-15-20(25)23-9-11-24(12-10-23)29(26,27)13-8-16-4-2-1-3-5-16/h1-8,13-14H,9-12,15H2. The topological polar surface area (TPSA) is 66.9 Å². The molecule has 9 heteroatoms. The summed E-state index contributed by atoms with van der Waals surface area (Å²) in [5.74, 6) is -0.883. The molecule has 0 radical (unpaired) electrons. The Balaban J connectivity index is 1.51. The summed E-state index contributed by atoms with van der Waals surface area (Å²) in [6.45, 7) is 0.589. The lowest BCUT2D eigenvalue weighted by molar-refractivity contribution is -0.134. The van der Waals surface area contributed by atoms with Crippen molar-refractivity contribution in [1.29, 1.82) is 0 Å². The predicted octanol–water partition coefficient (Wildman–Crippen LogP) is 3.11. The predicted molar refractivity (Wildman–Crippen MR) is 112 cm³/mol. The fourth-order valence-electron chi connectivity index (χ4n) is 2.83. The largest absolute Gasteiger partial charge is 0.481 e. The van der Waals surface area contributed by atoms with E-state index in [2.05, 4.69) is 15.9 Å². The fourth-order valence-corrected chi connectivity index (χ4v) is 4.34. The van der Waals surface area contributed by atoms with Gasteiger partial charge < -0.3 is 9.64 Å². The SMILES string of the molecule is O=C(COc1ccc(Br)cc1F)N1CCN(S(=O)(=O)C=Cc2ccccc2)CC1. The third-order valence-corrected chi connectivity index (χ3v) is 6.49. The second kappa shape index (κ2) is 9.51. The van der Waals surface area contributed by atoms with Crippen molar-refractivity contribution in [3.8, 4) is 5.75 Å². The highest BCUT2D eigenvalue weighted by molar-refractivity contribution is 9.10. The van der Waals surface area contributed by atoms with Gasteiger partial charge in [0.1, 0.15) is 0 Å². The molecule has 1 heterocycles. The average Bonchev–Trinajstić information content (AvgIpc) is 2.72. The molecule has 1 saturated heterocycles. The highest BCUT2D eigenvalue weighted by Crippen LogP contribution is 2.21. The maximum absolute atomic E-state index is 13.8. The molecule has 0 bridgehead atoms. The number of carbonyl (C=O) groups is 1. The number of benzene rings is 2. The highest BCUT2D eigenvalue weighted by atomic mass is 79.9. The van der Waals surface area contributed by atoms with Gasteiger partial charge in [0.25, 0.3) is 5.91 Å². The summed E-state index contributed by atoms with van der Waals surface area (Å²) >= 11 is 3.16. The molecule has 6 nitrogen and oxygen atoms in total. The quantitative estimate of drug-likeness (QED) is 0.634. The van der Waals surface area contributed by atoms with E-state index in [1.807, 2.05) is 30.3 Å². The Kier molecular flexibility index (Phi) is 7.05. The number of hydrogen-bond acceptors (Lipinski definition) is 4. The monoisotopic (exact) mass is 482 g/mol. The van der Waals surface area contributed by atoms with Crippen LogP contribution in [0.15, 0.2) is 58.4 Å². The molecule has 0 unspecified atom stereocenters. The van der Waals surface area contributed by atoms with Crippen molar-refractivity contribution >= 4 is 37.9 Å². The van der Waals surface area contributed by atoms with Crippen molar-refractivity contribution in [2.24, 2.45) is 0 Å². The van der Waals surface area contributed by atoms with Crippen molar-refractivity contribution in [1.82, 2.24) is 9.21 Å². The zero-order valence-corrected chi connectivity index (χ0v) is 17.9. The Hall–Kier alpha value is -2.23. The molecule has 154 valence electrons. The molecule has 29 heavy (non-hydrogen) atoms. The van der Waals surface area contributed by atoms with Gasteiger partial charge in [-0.15, -0.1) is 0 Å². The first kappa shape index (κ1) is 21.5. The molecule has 0 spiro atoms. The normalized spacial score (nSPS) is 15.6. The molecule has 0 atom stereocenters. The van der Waals surface area contributed by atoms with Gasteiger partial charge in [-0.3, -0.25) is 4.79 Å². The van der Waals surface area contributed by atoms with Crippen LogP contribution in [0.5, 0.6) is 5.75 Å². The van der Waals surface area contributed by atoms with Crippen LogP contribution >= 0.6 is 15.9 Å². The first-order chi connectivity index (χ1) is 13.8. The Bertz CT molecular complexity index is 991. The summed E-state index contributed by atoms with van der Waals surface area (Å²) in [5.41, 5.74) is 0.794. The van der Waals surface area contributed by atoms with Gasteiger partial charge in [-0.2, -0.15) is 4.31 Å². The summed E-state index contributed by atoms with van der Waals surface area (Å²) in [6.07, 6.45) is 1.55. The second-order valence-corrected chi connectivity index (χ2v) is 9.14. The van der Waals surface area contributed by atoms with Gasteiger partial charge in [0.2, 0.25) is 10.0 Å². The number of carbonyl (C=O) groups excluding carboxylic acids is 1. The van der Waals surface area contributed by atoms with Crippen molar-refractivity contribution in [2.45, 2.75) is 0 Å². The highest BCUT2D eigenvalue weighted by Gasteiger charge is 2.27. The third kappa shape index (κ3) is 5.88. The van der Waals surface area contributed by atoms with Crippen LogP contribution in [-0.2, 0) is 14.8 Å². The van der Waals surface area contributed by atoms with Gasteiger partial charge in [0.05, 0.1) is 0 Å². The Labute approximate surface area is 177 Å².